The number of thiol groups is 1. The van der Waals surface area contributed by atoms with Crippen LogP contribution in [0.25, 0.3) is 0 Å². The van der Waals surface area contributed by atoms with Gasteiger partial charge in [0.1, 0.15) is 5.75 Å². The Balaban J connectivity index is 1.84. The van der Waals surface area contributed by atoms with E-state index in [1.54, 1.807) is 0 Å². The van der Waals surface area contributed by atoms with Crippen LogP contribution in [-0.4, -0.2) is 25.4 Å². The fraction of sp³-hybridized carbons (Fsp3) is 0.625. The average molecular weight is 277 g/mol. The standard InChI is InChI=1S/C16H23NOS/c19-13-16(8-3-4-9-16)12-17-10-5-11-18-15-7-2-1-6-14(15)17/h1-2,6-7,19H,3-5,8-13H2. The normalized spacial score (nSPS) is 21.6. The molecule has 0 N–H and O–H groups in total. The summed E-state index contributed by atoms with van der Waals surface area (Å²) in [5, 5.41) is 0. The molecule has 2 aliphatic rings. The van der Waals surface area contributed by atoms with Crippen molar-refractivity contribution in [3.8, 4) is 5.75 Å². The van der Waals surface area contributed by atoms with Crippen LogP contribution in [0.15, 0.2) is 24.3 Å². The molecule has 3 rings (SSSR count). The minimum absolute atomic E-state index is 0.417. The second-order valence-electron chi connectivity index (χ2n) is 5.96. The molecule has 1 heterocycles. The van der Waals surface area contributed by atoms with Gasteiger partial charge in [-0.05, 0) is 42.6 Å². The highest BCUT2D eigenvalue weighted by Gasteiger charge is 2.35. The smallest absolute Gasteiger partial charge is 0.142 e. The second-order valence-corrected chi connectivity index (χ2v) is 6.27. The lowest BCUT2D eigenvalue weighted by Crippen LogP contribution is -2.38. The summed E-state index contributed by atoms with van der Waals surface area (Å²) in [5.41, 5.74) is 1.69. The highest BCUT2D eigenvalue weighted by molar-refractivity contribution is 7.80. The number of rotatable bonds is 3. The topological polar surface area (TPSA) is 12.5 Å². The molecule has 0 atom stereocenters. The number of fused-ring (bicyclic) bond motifs is 1. The summed E-state index contributed by atoms with van der Waals surface area (Å²) in [6.45, 7) is 3.07. The van der Waals surface area contributed by atoms with Crippen LogP contribution in [-0.2, 0) is 0 Å². The second kappa shape index (κ2) is 5.66. The van der Waals surface area contributed by atoms with Crippen molar-refractivity contribution >= 4 is 18.3 Å². The van der Waals surface area contributed by atoms with Gasteiger partial charge in [-0.3, -0.25) is 0 Å². The third kappa shape index (κ3) is 2.71. The molecule has 1 fully saturated rings. The quantitative estimate of drug-likeness (QED) is 0.844. The summed E-state index contributed by atoms with van der Waals surface area (Å²) in [4.78, 5) is 2.53. The van der Waals surface area contributed by atoms with Gasteiger partial charge in [0.25, 0.3) is 0 Å². The van der Waals surface area contributed by atoms with Crippen molar-refractivity contribution in [1.29, 1.82) is 0 Å². The van der Waals surface area contributed by atoms with E-state index < -0.39 is 0 Å². The maximum atomic E-state index is 5.85. The van der Waals surface area contributed by atoms with Crippen molar-refractivity contribution in [3.05, 3.63) is 24.3 Å². The highest BCUT2D eigenvalue weighted by Crippen LogP contribution is 2.42. The Labute approximate surface area is 121 Å². The minimum Gasteiger partial charge on any atom is -0.491 e. The number of hydrogen-bond donors (Lipinski definition) is 1. The minimum atomic E-state index is 0.417. The molecule has 0 amide bonds. The molecule has 3 heteroatoms. The molecule has 1 aromatic carbocycles. The van der Waals surface area contributed by atoms with Crippen LogP contribution in [0.3, 0.4) is 0 Å². The molecule has 1 aromatic rings. The van der Waals surface area contributed by atoms with Gasteiger partial charge in [-0.1, -0.05) is 25.0 Å². The Kier molecular flexibility index (Phi) is 3.92. The summed E-state index contributed by atoms with van der Waals surface area (Å²) in [5.74, 6) is 2.05. The molecule has 1 aliphatic carbocycles. The van der Waals surface area contributed by atoms with Gasteiger partial charge in [-0.25, -0.2) is 0 Å². The first kappa shape index (κ1) is 13.2. The van der Waals surface area contributed by atoms with Gasteiger partial charge >= 0.3 is 0 Å². The number of hydrogen-bond acceptors (Lipinski definition) is 3. The Morgan fingerprint density at radius 3 is 2.74 bits per heavy atom. The zero-order valence-electron chi connectivity index (χ0n) is 11.5. The van der Waals surface area contributed by atoms with Crippen LogP contribution in [0.1, 0.15) is 32.1 Å². The van der Waals surface area contributed by atoms with Gasteiger partial charge in [-0.15, -0.1) is 0 Å². The third-order valence-electron chi connectivity index (χ3n) is 4.56. The molecule has 0 spiro atoms. The summed E-state index contributed by atoms with van der Waals surface area (Å²) in [7, 11) is 0. The van der Waals surface area contributed by atoms with Crippen LogP contribution < -0.4 is 9.64 Å². The van der Waals surface area contributed by atoms with E-state index in [0.717, 1.165) is 37.6 Å². The maximum absolute atomic E-state index is 5.85. The summed E-state index contributed by atoms with van der Waals surface area (Å²) >= 11 is 4.64. The number of anilines is 1. The lowest BCUT2D eigenvalue weighted by molar-refractivity contribution is 0.320. The summed E-state index contributed by atoms with van der Waals surface area (Å²) in [6.07, 6.45) is 6.50. The lowest BCUT2D eigenvalue weighted by atomic mass is 9.87. The number of benzene rings is 1. The molecule has 2 nitrogen and oxygen atoms in total. The Bertz CT molecular complexity index is 429. The monoisotopic (exact) mass is 277 g/mol. The molecule has 1 aliphatic heterocycles. The fourth-order valence-electron chi connectivity index (χ4n) is 3.46. The third-order valence-corrected chi connectivity index (χ3v) is 5.23. The maximum Gasteiger partial charge on any atom is 0.142 e. The first-order valence-electron chi connectivity index (χ1n) is 7.41. The van der Waals surface area contributed by atoms with Crippen LogP contribution in [0.2, 0.25) is 0 Å². The molecule has 0 saturated heterocycles. The largest absolute Gasteiger partial charge is 0.491 e. The van der Waals surface area contributed by atoms with Crippen LogP contribution >= 0.6 is 12.6 Å². The molecular formula is C16H23NOS. The first-order valence-corrected chi connectivity index (χ1v) is 8.04. The Morgan fingerprint density at radius 2 is 1.95 bits per heavy atom. The van der Waals surface area contributed by atoms with Crippen molar-refractivity contribution < 1.29 is 4.74 Å². The molecule has 104 valence electrons. The average Bonchev–Trinajstić information content (AvgIpc) is 2.83. The van der Waals surface area contributed by atoms with E-state index in [1.165, 1.54) is 31.4 Å². The molecule has 0 radical (unpaired) electrons. The predicted octanol–water partition coefficient (Wildman–Crippen LogP) is 3.77. The first-order chi connectivity index (χ1) is 9.33. The molecule has 19 heavy (non-hydrogen) atoms. The van der Waals surface area contributed by atoms with E-state index in [0.29, 0.717) is 5.41 Å². The molecule has 0 bridgehead atoms. The van der Waals surface area contributed by atoms with Crippen LogP contribution in [0.4, 0.5) is 5.69 Å². The molecular weight excluding hydrogens is 254 g/mol. The van der Waals surface area contributed by atoms with Gasteiger partial charge in [0.15, 0.2) is 0 Å². The van der Waals surface area contributed by atoms with Crippen LogP contribution in [0.5, 0.6) is 5.75 Å². The number of ether oxygens (including phenoxy) is 1. The van der Waals surface area contributed by atoms with E-state index in [-0.39, 0.29) is 0 Å². The van der Waals surface area contributed by atoms with Crippen molar-refractivity contribution in [3.63, 3.8) is 0 Å². The van der Waals surface area contributed by atoms with Gasteiger partial charge in [0.2, 0.25) is 0 Å². The number of para-hydroxylation sites is 2. The van der Waals surface area contributed by atoms with Crippen molar-refractivity contribution in [2.45, 2.75) is 32.1 Å². The Morgan fingerprint density at radius 1 is 1.16 bits per heavy atom. The number of nitrogens with zero attached hydrogens (tertiary/aromatic N) is 1. The van der Waals surface area contributed by atoms with E-state index in [2.05, 4.69) is 41.8 Å². The van der Waals surface area contributed by atoms with Gasteiger partial charge in [0, 0.05) is 13.1 Å². The van der Waals surface area contributed by atoms with E-state index in [9.17, 15) is 0 Å². The van der Waals surface area contributed by atoms with Gasteiger partial charge in [-0.2, -0.15) is 12.6 Å². The fourth-order valence-corrected chi connectivity index (χ4v) is 3.88. The predicted molar refractivity (Wildman–Crippen MR) is 83.5 cm³/mol. The molecule has 1 saturated carbocycles. The zero-order chi connectivity index (χ0) is 13.1. The molecule has 0 unspecified atom stereocenters. The zero-order valence-corrected chi connectivity index (χ0v) is 12.4. The van der Waals surface area contributed by atoms with Crippen molar-refractivity contribution in [1.82, 2.24) is 0 Å². The summed E-state index contributed by atoms with van der Waals surface area (Å²) in [6, 6.07) is 8.46. The van der Waals surface area contributed by atoms with E-state index >= 15 is 0 Å². The van der Waals surface area contributed by atoms with Crippen LogP contribution in [0, 0.1) is 5.41 Å². The van der Waals surface area contributed by atoms with E-state index in [1.807, 2.05) is 0 Å². The van der Waals surface area contributed by atoms with Crippen molar-refractivity contribution in [2.75, 3.05) is 30.3 Å². The van der Waals surface area contributed by atoms with E-state index in [4.69, 9.17) is 4.74 Å². The molecule has 0 aromatic heterocycles. The SMILES string of the molecule is SCC1(CN2CCCOc3ccccc32)CCCC1. The van der Waals surface area contributed by atoms with Gasteiger partial charge in [0.05, 0.1) is 12.3 Å². The Hall–Kier alpha value is -0.830. The lowest BCUT2D eigenvalue weighted by Gasteiger charge is -2.35. The summed E-state index contributed by atoms with van der Waals surface area (Å²) < 4.78 is 5.85. The van der Waals surface area contributed by atoms with Crippen molar-refractivity contribution in [2.24, 2.45) is 5.41 Å². The highest BCUT2D eigenvalue weighted by atomic mass is 32.1. The van der Waals surface area contributed by atoms with Gasteiger partial charge < -0.3 is 9.64 Å².